The molecule has 1 aromatic heterocycles. The fourth-order valence-corrected chi connectivity index (χ4v) is 3.86. The van der Waals surface area contributed by atoms with Crippen LogP contribution in [0.2, 0.25) is 5.02 Å². The lowest BCUT2D eigenvalue weighted by Gasteiger charge is -2.31. The third kappa shape index (κ3) is 4.63. The standard InChI is InChI=1S/C22H27ClN2O4/c1-4-24-21-16(13(2)3)7-9-25(21)22(28)20(27)18(26)12-19-17-6-5-15(23)11-14(17)8-10-29-19/h4-7,9,11,18-20,22,26-28H,2,8,10,12H2,1,3H3. The summed E-state index contributed by atoms with van der Waals surface area (Å²) in [5.74, 6) is 0.479. The second-order valence-corrected chi connectivity index (χ2v) is 7.72. The van der Waals surface area contributed by atoms with E-state index in [1.807, 2.05) is 19.1 Å². The third-order valence-corrected chi connectivity index (χ3v) is 5.42. The van der Waals surface area contributed by atoms with Crippen molar-refractivity contribution < 1.29 is 20.1 Å². The predicted octanol–water partition coefficient (Wildman–Crippen LogP) is 3.81. The molecule has 0 saturated carbocycles. The molecule has 3 N–H and O–H groups in total. The molecule has 3 rings (SSSR count). The number of aliphatic hydroxyl groups is 3. The summed E-state index contributed by atoms with van der Waals surface area (Å²) in [6.45, 7) is 8.04. The number of hydrogen-bond acceptors (Lipinski definition) is 5. The van der Waals surface area contributed by atoms with E-state index < -0.39 is 18.4 Å². The topological polar surface area (TPSA) is 87.2 Å². The maximum atomic E-state index is 10.7. The van der Waals surface area contributed by atoms with Crippen molar-refractivity contribution in [3.05, 3.63) is 58.8 Å². The Kier molecular flexibility index (Phi) is 6.93. The lowest BCUT2D eigenvalue weighted by atomic mass is 9.92. The molecule has 29 heavy (non-hydrogen) atoms. The number of halogens is 1. The van der Waals surface area contributed by atoms with E-state index in [0.717, 1.165) is 28.7 Å². The Labute approximate surface area is 175 Å². The molecule has 1 aromatic carbocycles. The van der Waals surface area contributed by atoms with Crippen molar-refractivity contribution >= 4 is 29.2 Å². The van der Waals surface area contributed by atoms with Gasteiger partial charge in [-0.15, -0.1) is 0 Å². The predicted molar refractivity (Wildman–Crippen MR) is 115 cm³/mol. The molecule has 1 aliphatic rings. The van der Waals surface area contributed by atoms with Gasteiger partial charge in [0.05, 0.1) is 18.8 Å². The summed E-state index contributed by atoms with van der Waals surface area (Å²) in [5, 5.41) is 32.6. The Balaban J connectivity index is 1.78. The van der Waals surface area contributed by atoms with Crippen LogP contribution >= 0.6 is 11.6 Å². The Hall–Kier alpha value is -1.96. The normalized spacial score (nSPS) is 19.7. The molecule has 0 radical (unpaired) electrons. The van der Waals surface area contributed by atoms with Gasteiger partial charge in [-0.2, -0.15) is 0 Å². The van der Waals surface area contributed by atoms with E-state index >= 15 is 0 Å². The second-order valence-electron chi connectivity index (χ2n) is 7.29. The van der Waals surface area contributed by atoms with Gasteiger partial charge in [-0.05, 0) is 55.2 Å². The maximum Gasteiger partial charge on any atom is 0.160 e. The minimum atomic E-state index is -1.42. The van der Waals surface area contributed by atoms with Gasteiger partial charge in [-0.3, -0.25) is 0 Å². The fraction of sp³-hybridized carbons (Fsp3) is 0.409. The number of allylic oxidation sites excluding steroid dienone is 1. The summed E-state index contributed by atoms with van der Waals surface area (Å²) in [4.78, 5) is 4.29. The highest BCUT2D eigenvalue weighted by atomic mass is 35.5. The minimum Gasteiger partial charge on any atom is -0.390 e. The molecule has 0 bridgehead atoms. The van der Waals surface area contributed by atoms with Crippen LogP contribution in [-0.4, -0.2) is 44.9 Å². The highest BCUT2D eigenvalue weighted by Gasteiger charge is 2.32. The Morgan fingerprint density at radius 1 is 1.38 bits per heavy atom. The summed E-state index contributed by atoms with van der Waals surface area (Å²) >= 11 is 6.07. The van der Waals surface area contributed by atoms with Crippen LogP contribution in [0.25, 0.3) is 5.57 Å². The van der Waals surface area contributed by atoms with Gasteiger partial charge in [0.2, 0.25) is 0 Å². The molecular weight excluding hydrogens is 392 g/mol. The number of aliphatic imine (C=N–C) groups is 1. The van der Waals surface area contributed by atoms with E-state index in [0.29, 0.717) is 17.4 Å². The maximum absolute atomic E-state index is 10.7. The lowest BCUT2D eigenvalue weighted by Crippen LogP contribution is -2.36. The highest BCUT2D eigenvalue weighted by Crippen LogP contribution is 2.35. The number of benzene rings is 1. The Bertz CT molecular complexity index is 908. The first-order valence-corrected chi connectivity index (χ1v) is 10.0. The van der Waals surface area contributed by atoms with E-state index in [1.54, 1.807) is 31.5 Å². The molecule has 2 aromatic rings. The molecule has 0 aliphatic carbocycles. The average molecular weight is 419 g/mol. The zero-order valence-corrected chi connectivity index (χ0v) is 17.4. The van der Waals surface area contributed by atoms with Crippen LogP contribution in [0.15, 0.2) is 42.0 Å². The molecule has 4 unspecified atom stereocenters. The van der Waals surface area contributed by atoms with Crippen LogP contribution < -0.4 is 0 Å². The Morgan fingerprint density at radius 3 is 2.83 bits per heavy atom. The molecule has 1 aliphatic heterocycles. The van der Waals surface area contributed by atoms with Crippen molar-refractivity contribution in [1.29, 1.82) is 0 Å². The first-order valence-electron chi connectivity index (χ1n) is 9.63. The largest absolute Gasteiger partial charge is 0.390 e. The number of ether oxygens (including phenoxy) is 1. The molecule has 0 saturated heterocycles. The van der Waals surface area contributed by atoms with Crippen molar-refractivity contribution in [3.63, 3.8) is 0 Å². The summed E-state index contributed by atoms with van der Waals surface area (Å²) in [6, 6.07) is 7.35. The molecule has 0 fully saturated rings. The molecular formula is C22H27ClN2O4. The smallest absolute Gasteiger partial charge is 0.160 e. The van der Waals surface area contributed by atoms with Gasteiger partial charge in [0, 0.05) is 29.4 Å². The van der Waals surface area contributed by atoms with Crippen LogP contribution in [0.4, 0.5) is 5.82 Å². The molecule has 0 amide bonds. The van der Waals surface area contributed by atoms with Gasteiger partial charge in [-0.1, -0.05) is 24.2 Å². The van der Waals surface area contributed by atoms with Crippen molar-refractivity contribution in [1.82, 2.24) is 4.57 Å². The number of rotatable bonds is 7. The van der Waals surface area contributed by atoms with Gasteiger partial charge in [0.25, 0.3) is 0 Å². The number of hydrogen-bond donors (Lipinski definition) is 3. The van der Waals surface area contributed by atoms with Crippen molar-refractivity contribution in [2.24, 2.45) is 4.99 Å². The zero-order valence-electron chi connectivity index (χ0n) is 16.6. The first kappa shape index (κ1) is 21.7. The van der Waals surface area contributed by atoms with Crippen LogP contribution in [-0.2, 0) is 11.2 Å². The monoisotopic (exact) mass is 418 g/mol. The average Bonchev–Trinajstić information content (AvgIpc) is 3.11. The number of aromatic nitrogens is 1. The summed E-state index contributed by atoms with van der Waals surface area (Å²) in [7, 11) is 0. The van der Waals surface area contributed by atoms with Gasteiger partial charge >= 0.3 is 0 Å². The zero-order chi connectivity index (χ0) is 21.1. The van der Waals surface area contributed by atoms with E-state index in [-0.39, 0.29) is 12.5 Å². The van der Waals surface area contributed by atoms with Gasteiger partial charge in [-0.25, -0.2) is 4.99 Å². The van der Waals surface area contributed by atoms with Gasteiger partial charge < -0.3 is 24.6 Å². The fourth-order valence-electron chi connectivity index (χ4n) is 3.67. The highest BCUT2D eigenvalue weighted by molar-refractivity contribution is 6.30. The summed E-state index contributed by atoms with van der Waals surface area (Å²) in [6.07, 6.45) is -0.250. The molecule has 0 spiro atoms. The molecule has 6 nitrogen and oxygen atoms in total. The summed E-state index contributed by atoms with van der Waals surface area (Å²) in [5.41, 5.74) is 3.58. The van der Waals surface area contributed by atoms with E-state index in [1.165, 1.54) is 4.57 Å². The number of fused-ring (bicyclic) bond motifs is 1. The Morgan fingerprint density at radius 2 is 2.14 bits per heavy atom. The van der Waals surface area contributed by atoms with Crippen LogP contribution in [0, 0.1) is 0 Å². The van der Waals surface area contributed by atoms with Gasteiger partial charge in [0.1, 0.15) is 11.9 Å². The SMILES string of the molecule is C=C(C)c1ccn(C(O)C(O)C(O)CC2OCCc3cc(Cl)ccc32)c1N=CC. The third-order valence-electron chi connectivity index (χ3n) is 5.18. The van der Waals surface area contributed by atoms with Crippen molar-refractivity contribution in [2.75, 3.05) is 6.61 Å². The lowest BCUT2D eigenvalue weighted by molar-refractivity contribution is -0.107. The molecule has 2 heterocycles. The number of nitrogens with zero attached hydrogens (tertiary/aromatic N) is 2. The molecule has 156 valence electrons. The minimum absolute atomic E-state index is 0.147. The summed E-state index contributed by atoms with van der Waals surface area (Å²) < 4.78 is 7.25. The van der Waals surface area contributed by atoms with Crippen LogP contribution in [0.5, 0.6) is 0 Å². The molecule has 4 atom stereocenters. The van der Waals surface area contributed by atoms with Crippen LogP contribution in [0.1, 0.15) is 49.3 Å². The first-order chi connectivity index (χ1) is 13.8. The van der Waals surface area contributed by atoms with Gasteiger partial charge in [0.15, 0.2) is 6.23 Å². The van der Waals surface area contributed by atoms with Crippen LogP contribution in [0.3, 0.4) is 0 Å². The van der Waals surface area contributed by atoms with Crippen molar-refractivity contribution in [3.8, 4) is 0 Å². The van der Waals surface area contributed by atoms with E-state index in [9.17, 15) is 15.3 Å². The van der Waals surface area contributed by atoms with E-state index in [4.69, 9.17) is 16.3 Å². The number of aliphatic hydroxyl groups excluding tert-OH is 3. The molecule has 7 heteroatoms. The quantitative estimate of drug-likeness (QED) is 0.596. The van der Waals surface area contributed by atoms with E-state index in [2.05, 4.69) is 11.6 Å². The second kappa shape index (κ2) is 9.24. The van der Waals surface area contributed by atoms with Crippen molar-refractivity contribution in [2.45, 2.75) is 51.2 Å².